The summed E-state index contributed by atoms with van der Waals surface area (Å²) in [6, 6.07) is 20.7. The zero-order chi connectivity index (χ0) is 25.1. The van der Waals surface area contributed by atoms with Gasteiger partial charge >= 0.3 is 6.18 Å². The van der Waals surface area contributed by atoms with Gasteiger partial charge in [-0.2, -0.15) is 13.2 Å². The molecule has 0 radical (unpaired) electrons. The van der Waals surface area contributed by atoms with Gasteiger partial charge in [-0.3, -0.25) is 0 Å². The fourth-order valence-corrected chi connectivity index (χ4v) is 4.99. The number of aromatic nitrogens is 2. The van der Waals surface area contributed by atoms with Crippen molar-refractivity contribution in [3.05, 3.63) is 88.9 Å². The molecule has 35 heavy (non-hydrogen) atoms. The molecule has 0 saturated heterocycles. The first-order valence-electron chi connectivity index (χ1n) is 10.6. The van der Waals surface area contributed by atoms with Crippen molar-refractivity contribution in [2.75, 3.05) is 6.61 Å². The third kappa shape index (κ3) is 6.21. The standard InChI is InChI=1S/C25H22F3N3O2S2/c1-24(29,15-32)23-31-30-22(35-23)17-10-11-21(20(12-17)25(26,27)28)34-19-9-5-8-18(13-19)33-14-16-6-3-2-4-7-16/h2-13,32H,14-15,29H2,1H3. The number of alkyl halides is 3. The highest BCUT2D eigenvalue weighted by Crippen LogP contribution is 2.42. The van der Waals surface area contributed by atoms with E-state index in [1.165, 1.54) is 6.07 Å². The van der Waals surface area contributed by atoms with Gasteiger partial charge in [0.25, 0.3) is 0 Å². The second-order valence-electron chi connectivity index (χ2n) is 8.05. The Morgan fingerprint density at radius 3 is 2.49 bits per heavy atom. The Morgan fingerprint density at radius 1 is 1.00 bits per heavy atom. The lowest BCUT2D eigenvalue weighted by Crippen LogP contribution is -2.36. The van der Waals surface area contributed by atoms with E-state index in [2.05, 4.69) is 10.2 Å². The highest BCUT2D eigenvalue weighted by Gasteiger charge is 2.34. The molecule has 0 aliphatic rings. The minimum Gasteiger partial charge on any atom is -0.489 e. The largest absolute Gasteiger partial charge is 0.489 e. The number of nitrogens with two attached hydrogens (primary N) is 1. The average molecular weight is 518 g/mol. The highest BCUT2D eigenvalue weighted by molar-refractivity contribution is 7.99. The van der Waals surface area contributed by atoms with E-state index < -0.39 is 17.3 Å². The summed E-state index contributed by atoms with van der Waals surface area (Å²) in [5.74, 6) is 0.569. The van der Waals surface area contributed by atoms with Gasteiger partial charge in [-0.25, -0.2) is 0 Å². The number of ether oxygens (including phenoxy) is 1. The SMILES string of the molecule is CC(N)(CO)c1nnc(-c2ccc(Sc3cccc(OCc4ccccc4)c3)c(C(F)(F)F)c2)s1. The summed E-state index contributed by atoms with van der Waals surface area (Å²) in [4.78, 5) is 0.680. The Labute approximate surface area is 208 Å². The second-order valence-corrected chi connectivity index (χ2v) is 10.1. The van der Waals surface area contributed by atoms with E-state index in [1.54, 1.807) is 37.3 Å². The number of hydrogen-bond acceptors (Lipinski definition) is 7. The normalized spacial score (nSPS) is 13.4. The molecule has 1 aromatic heterocycles. The smallest absolute Gasteiger partial charge is 0.417 e. The van der Waals surface area contributed by atoms with Crippen LogP contribution in [0, 0.1) is 0 Å². The molecule has 3 aromatic carbocycles. The molecule has 0 bridgehead atoms. The molecule has 5 nitrogen and oxygen atoms in total. The van der Waals surface area contributed by atoms with Crippen LogP contribution in [-0.4, -0.2) is 21.9 Å². The van der Waals surface area contributed by atoms with Crippen molar-refractivity contribution in [1.82, 2.24) is 10.2 Å². The number of benzene rings is 3. The van der Waals surface area contributed by atoms with Crippen LogP contribution < -0.4 is 10.5 Å². The van der Waals surface area contributed by atoms with Gasteiger partial charge in [-0.15, -0.1) is 10.2 Å². The van der Waals surface area contributed by atoms with E-state index in [-0.39, 0.29) is 17.1 Å². The fourth-order valence-electron chi connectivity index (χ4n) is 3.11. The predicted octanol–water partition coefficient (Wildman–Crippen LogP) is 6.12. The monoisotopic (exact) mass is 517 g/mol. The molecule has 182 valence electrons. The molecule has 0 aliphatic carbocycles. The minimum atomic E-state index is -4.57. The molecule has 0 amide bonds. The molecule has 0 spiro atoms. The summed E-state index contributed by atoms with van der Waals surface area (Å²) in [6.07, 6.45) is -4.57. The average Bonchev–Trinajstić information content (AvgIpc) is 3.35. The number of hydrogen-bond donors (Lipinski definition) is 2. The first-order chi connectivity index (χ1) is 16.7. The molecule has 1 atom stereocenters. The summed E-state index contributed by atoms with van der Waals surface area (Å²) in [5, 5.41) is 18.0. The molecule has 0 fully saturated rings. The van der Waals surface area contributed by atoms with E-state index in [9.17, 15) is 18.3 Å². The quantitative estimate of drug-likeness (QED) is 0.293. The van der Waals surface area contributed by atoms with Crippen LogP contribution in [0.3, 0.4) is 0 Å². The molecular weight excluding hydrogens is 495 g/mol. The van der Waals surface area contributed by atoms with Gasteiger partial charge in [0.2, 0.25) is 0 Å². The lowest BCUT2D eigenvalue weighted by atomic mass is 10.1. The lowest BCUT2D eigenvalue weighted by molar-refractivity contribution is -0.139. The van der Waals surface area contributed by atoms with Crippen LogP contribution >= 0.6 is 23.1 Å². The van der Waals surface area contributed by atoms with Gasteiger partial charge in [0, 0.05) is 15.4 Å². The maximum absolute atomic E-state index is 14.0. The van der Waals surface area contributed by atoms with Crippen LogP contribution in [0.2, 0.25) is 0 Å². The van der Waals surface area contributed by atoms with Gasteiger partial charge in [0.15, 0.2) is 0 Å². The summed E-state index contributed by atoms with van der Waals surface area (Å²) in [6.45, 7) is 1.58. The van der Waals surface area contributed by atoms with Crippen LogP contribution in [0.15, 0.2) is 82.6 Å². The first-order valence-corrected chi connectivity index (χ1v) is 12.2. The zero-order valence-electron chi connectivity index (χ0n) is 18.6. The molecule has 0 aliphatic heterocycles. The Morgan fingerprint density at radius 2 is 1.77 bits per heavy atom. The third-order valence-corrected chi connectivity index (χ3v) is 7.37. The van der Waals surface area contributed by atoms with Gasteiger partial charge in [0.05, 0.1) is 17.7 Å². The van der Waals surface area contributed by atoms with E-state index in [0.717, 1.165) is 34.7 Å². The van der Waals surface area contributed by atoms with Crippen molar-refractivity contribution < 1.29 is 23.0 Å². The van der Waals surface area contributed by atoms with Crippen molar-refractivity contribution in [3.63, 3.8) is 0 Å². The topological polar surface area (TPSA) is 81.3 Å². The van der Waals surface area contributed by atoms with E-state index >= 15 is 0 Å². The van der Waals surface area contributed by atoms with Crippen molar-refractivity contribution in [1.29, 1.82) is 0 Å². The van der Waals surface area contributed by atoms with Crippen molar-refractivity contribution >= 4 is 23.1 Å². The van der Waals surface area contributed by atoms with Crippen LogP contribution in [0.4, 0.5) is 13.2 Å². The predicted molar refractivity (Wildman–Crippen MR) is 130 cm³/mol. The molecule has 4 aromatic rings. The molecular formula is C25H22F3N3O2S2. The van der Waals surface area contributed by atoms with Gasteiger partial charge in [-0.1, -0.05) is 65.6 Å². The molecule has 4 rings (SSSR count). The third-order valence-electron chi connectivity index (χ3n) is 5.06. The number of aliphatic hydroxyl groups is 1. The second kappa shape index (κ2) is 10.4. The van der Waals surface area contributed by atoms with E-state index in [4.69, 9.17) is 10.5 Å². The lowest BCUT2D eigenvalue weighted by Gasteiger charge is -2.17. The Kier molecular flexibility index (Phi) is 7.46. The van der Waals surface area contributed by atoms with Crippen LogP contribution in [0.25, 0.3) is 10.6 Å². The molecule has 10 heteroatoms. The first kappa shape index (κ1) is 25.2. The molecule has 1 heterocycles. The number of nitrogens with zero attached hydrogens (tertiary/aromatic N) is 2. The molecule has 1 unspecified atom stereocenters. The van der Waals surface area contributed by atoms with Gasteiger partial charge in [0.1, 0.15) is 22.4 Å². The maximum atomic E-state index is 14.0. The number of rotatable bonds is 8. The van der Waals surface area contributed by atoms with Crippen LogP contribution in [-0.2, 0) is 18.3 Å². The zero-order valence-corrected chi connectivity index (χ0v) is 20.3. The van der Waals surface area contributed by atoms with E-state index in [0.29, 0.717) is 27.3 Å². The van der Waals surface area contributed by atoms with Crippen LogP contribution in [0.1, 0.15) is 23.1 Å². The Bertz CT molecular complexity index is 1290. The number of halogens is 3. The van der Waals surface area contributed by atoms with Gasteiger partial charge in [-0.05, 0) is 42.8 Å². The van der Waals surface area contributed by atoms with Gasteiger partial charge < -0.3 is 15.6 Å². The highest BCUT2D eigenvalue weighted by atomic mass is 32.2. The fraction of sp³-hybridized carbons (Fsp3) is 0.200. The van der Waals surface area contributed by atoms with Crippen molar-refractivity contribution in [3.8, 4) is 16.3 Å². The summed E-state index contributed by atoms with van der Waals surface area (Å²) in [5.41, 5.74) is 5.35. The molecule has 0 saturated carbocycles. The minimum absolute atomic E-state index is 0.0604. The van der Waals surface area contributed by atoms with Crippen molar-refractivity contribution in [2.24, 2.45) is 5.73 Å². The Hall–Kier alpha value is -2.92. The summed E-state index contributed by atoms with van der Waals surface area (Å²) in [7, 11) is 0. The van der Waals surface area contributed by atoms with Crippen molar-refractivity contribution in [2.45, 2.75) is 35.0 Å². The number of aliphatic hydroxyl groups excluding tert-OH is 1. The van der Waals surface area contributed by atoms with Crippen LogP contribution in [0.5, 0.6) is 5.75 Å². The summed E-state index contributed by atoms with van der Waals surface area (Å²) < 4.78 is 47.7. The van der Waals surface area contributed by atoms with E-state index in [1.807, 2.05) is 30.3 Å². The Balaban J connectivity index is 1.57. The maximum Gasteiger partial charge on any atom is 0.417 e. The molecule has 3 N–H and O–H groups in total. The summed E-state index contributed by atoms with van der Waals surface area (Å²) >= 11 is 2.06.